The van der Waals surface area contributed by atoms with Gasteiger partial charge in [-0.25, -0.2) is 4.79 Å². The number of benzene rings is 1. The summed E-state index contributed by atoms with van der Waals surface area (Å²) in [6.45, 7) is 0.212. The van der Waals surface area contributed by atoms with Crippen molar-refractivity contribution in [1.82, 2.24) is 5.32 Å². The van der Waals surface area contributed by atoms with E-state index in [4.69, 9.17) is 21.4 Å². The Morgan fingerprint density at radius 3 is 2.92 bits per heavy atom. The number of fused-ring (bicyclic) bond motifs is 1. The molecule has 0 saturated heterocycles. The third kappa shape index (κ3) is 4.86. The van der Waals surface area contributed by atoms with E-state index in [0.29, 0.717) is 10.7 Å². The molecule has 0 aromatic heterocycles. The van der Waals surface area contributed by atoms with Gasteiger partial charge < -0.3 is 20.5 Å². The van der Waals surface area contributed by atoms with E-state index in [1.165, 1.54) is 18.9 Å². The molecule has 0 fully saturated rings. The highest BCUT2D eigenvalue weighted by Crippen LogP contribution is 2.38. The van der Waals surface area contributed by atoms with E-state index in [2.05, 4.69) is 10.6 Å². The molecule has 0 aliphatic carbocycles. The van der Waals surface area contributed by atoms with E-state index in [9.17, 15) is 14.4 Å². The van der Waals surface area contributed by atoms with E-state index >= 15 is 0 Å². The van der Waals surface area contributed by atoms with Gasteiger partial charge in [0.2, 0.25) is 11.8 Å². The SMILES string of the molecule is COCCC(NC(=O)CC1Sc2ccc(Cl)cc2NC1=O)C(=O)O. The molecular weight excluding hydrogens is 356 g/mol. The average Bonchev–Trinajstić information content (AvgIpc) is 2.52. The van der Waals surface area contributed by atoms with E-state index in [0.717, 1.165) is 4.90 Å². The molecule has 24 heavy (non-hydrogen) atoms. The molecule has 2 amide bonds. The summed E-state index contributed by atoms with van der Waals surface area (Å²) in [4.78, 5) is 36.1. The summed E-state index contributed by atoms with van der Waals surface area (Å²) in [5, 5.41) is 14.1. The first kappa shape index (κ1) is 18.6. The Kier molecular flexibility index (Phi) is 6.47. The third-order valence-electron chi connectivity index (χ3n) is 3.38. The van der Waals surface area contributed by atoms with Crippen molar-refractivity contribution in [2.24, 2.45) is 0 Å². The van der Waals surface area contributed by atoms with Crippen LogP contribution in [0.25, 0.3) is 0 Å². The minimum Gasteiger partial charge on any atom is -0.480 e. The number of anilines is 1. The van der Waals surface area contributed by atoms with Crippen LogP contribution in [0.4, 0.5) is 5.69 Å². The van der Waals surface area contributed by atoms with Gasteiger partial charge in [0.25, 0.3) is 0 Å². The number of hydrogen-bond acceptors (Lipinski definition) is 5. The highest BCUT2D eigenvalue weighted by molar-refractivity contribution is 8.01. The normalized spacial score (nSPS) is 17.6. The molecule has 1 aliphatic rings. The molecule has 3 N–H and O–H groups in total. The Morgan fingerprint density at radius 1 is 1.50 bits per heavy atom. The van der Waals surface area contributed by atoms with Crippen molar-refractivity contribution in [2.45, 2.75) is 29.0 Å². The number of carboxylic acids is 1. The second-order valence-electron chi connectivity index (χ2n) is 5.18. The first-order chi connectivity index (χ1) is 11.4. The van der Waals surface area contributed by atoms with Crippen molar-refractivity contribution in [3.63, 3.8) is 0 Å². The average molecular weight is 373 g/mol. The second-order valence-corrected chi connectivity index (χ2v) is 6.86. The van der Waals surface area contributed by atoms with Crippen LogP contribution in [0.1, 0.15) is 12.8 Å². The fourth-order valence-corrected chi connectivity index (χ4v) is 3.43. The lowest BCUT2D eigenvalue weighted by Crippen LogP contribution is -2.43. The Bertz CT molecular complexity index is 655. The largest absolute Gasteiger partial charge is 0.480 e. The van der Waals surface area contributed by atoms with Crippen molar-refractivity contribution < 1.29 is 24.2 Å². The van der Waals surface area contributed by atoms with Gasteiger partial charge in [0.1, 0.15) is 6.04 Å². The quantitative estimate of drug-likeness (QED) is 0.673. The van der Waals surface area contributed by atoms with E-state index < -0.39 is 23.2 Å². The number of carboxylic acid groups (broad SMARTS) is 1. The van der Waals surface area contributed by atoms with Gasteiger partial charge in [-0.15, -0.1) is 11.8 Å². The highest BCUT2D eigenvalue weighted by Gasteiger charge is 2.30. The van der Waals surface area contributed by atoms with Gasteiger partial charge in [-0.3, -0.25) is 9.59 Å². The van der Waals surface area contributed by atoms with Crippen LogP contribution in [-0.2, 0) is 19.1 Å². The number of ether oxygens (including phenoxy) is 1. The van der Waals surface area contributed by atoms with Crippen molar-refractivity contribution in [3.05, 3.63) is 23.2 Å². The highest BCUT2D eigenvalue weighted by atomic mass is 35.5. The minimum absolute atomic E-state index is 0.116. The second kappa shape index (κ2) is 8.36. The summed E-state index contributed by atoms with van der Waals surface area (Å²) in [6, 6.07) is 4.07. The molecule has 1 aromatic carbocycles. The van der Waals surface area contributed by atoms with Gasteiger partial charge >= 0.3 is 5.97 Å². The summed E-state index contributed by atoms with van der Waals surface area (Å²) in [5.41, 5.74) is 0.609. The first-order valence-corrected chi connectivity index (χ1v) is 8.44. The zero-order chi connectivity index (χ0) is 17.7. The lowest BCUT2D eigenvalue weighted by molar-refractivity contribution is -0.142. The van der Waals surface area contributed by atoms with Crippen LogP contribution in [0, 0.1) is 0 Å². The molecule has 0 radical (unpaired) electrons. The van der Waals surface area contributed by atoms with Crippen LogP contribution < -0.4 is 10.6 Å². The van der Waals surface area contributed by atoms with Gasteiger partial charge in [0, 0.05) is 36.5 Å². The maximum atomic E-state index is 12.1. The number of nitrogens with one attached hydrogen (secondary N) is 2. The number of rotatable bonds is 7. The summed E-state index contributed by atoms with van der Waals surface area (Å²) < 4.78 is 4.83. The molecule has 9 heteroatoms. The van der Waals surface area contributed by atoms with Crippen molar-refractivity contribution in [2.75, 3.05) is 19.0 Å². The van der Waals surface area contributed by atoms with Gasteiger partial charge in [0.15, 0.2) is 0 Å². The van der Waals surface area contributed by atoms with E-state index in [1.54, 1.807) is 18.2 Å². The molecule has 7 nitrogen and oxygen atoms in total. The molecule has 0 spiro atoms. The fraction of sp³-hybridized carbons (Fsp3) is 0.400. The van der Waals surface area contributed by atoms with Crippen molar-refractivity contribution in [3.8, 4) is 0 Å². The first-order valence-electron chi connectivity index (χ1n) is 7.19. The van der Waals surface area contributed by atoms with Crippen LogP contribution in [0.5, 0.6) is 0 Å². The number of carbonyl (C=O) groups excluding carboxylic acids is 2. The van der Waals surface area contributed by atoms with Crippen LogP contribution in [0.15, 0.2) is 23.1 Å². The number of halogens is 1. The van der Waals surface area contributed by atoms with Gasteiger partial charge in [-0.2, -0.15) is 0 Å². The Balaban J connectivity index is 1.97. The number of hydrogen-bond donors (Lipinski definition) is 3. The molecule has 1 aromatic rings. The Labute approximate surface area is 148 Å². The topological polar surface area (TPSA) is 105 Å². The molecule has 0 saturated carbocycles. The summed E-state index contributed by atoms with van der Waals surface area (Å²) in [5.74, 6) is -1.95. The molecule has 130 valence electrons. The molecule has 1 heterocycles. The third-order valence-corrected chi connectivity index (χ3v) is 4.89. The van der Waals surface area contributed by atoms with Gasteiger partial charge in [0.05, 0.1) is 10.9 Å². The number of thioether (sulfide) groups is 1. The summed E-state index contributed by atoms with van der Waals surface area (Å²) in [6.07, 6.45) is 0.0399. The number of carbonyl (C=O) groups is 3. The van der Waals surface area contributed by atoms with Gasteiger partial charge in [-0.1, -0.05) is 11.6 Å². The summed E-state index contributed by atoms with van der Waals surface area (Å²) in [7, 11) is 1.45. The molecule has 2 unspecified atom stereocenters. The van der Waals surface area contributed by atoms with E-state index in [-0.39, 0.29) is 25.4 Å². The Hall–Kier alpha value is -1.77. The molecule has 2 atom stereocenters. The number of methoxy groups -OCH3 is 1. The zero-order valence-corrected chi connectivity index (χ0v) is 14.4. The lowest BCUT2D eigenvalue weighted by Gasteiger charge is -2.24. The maximum absolute atomic E-state index is 12.1. The van der Waals surface area contributed by atoms with Crippen LogP contribution in [0.2, 0.25) is 5.02 Å². The standard InChI is InChI=1S/C15H17ClN2O5S/c1-23-5-4-9(15(21)22)17-13(19)7-12-14(20)18-10-6-8(16)2-3-11(10)24-12/h2-3,6,9,12H,4-5,7H2,1H3,(H,17,19)(H,18,20)(H,21,22). The number of amides is 2. The zero-order valence-electron chi connectivity index (χ0n) is 12.9. The van der Waals surface area contributed by atoms with Crippen LogP contribution in [0.3, 0.4) is 0 Å². The van der Waals surface area contributed by atoms with Crippen LogP contribution in [-0.4, -0.2) is 47.9 Å². The Morgan fingerprint density at radius 2 is 2.25 bits per heavy atom. The van der Waals surface area contributed by atoms with Crippen molar-refractivity contribution in [1.29, 1.82) is 0 Å². The fourth-order valence-electron chi connectivity index (χ4n) is 2.17. The molecule has 2 rings (SSSR count). The maximum Gasteiger partial charge on any atom is 0.326 e. The predicted octanol–water partition coefficient (Wildman–Crippen LogP) is 1.75. The number of aliphatic carboxylic acids is 1. The monoisotopic (exact) mass is 372 g/mol. The van der Waals surface area contributed by atoms with Gasteiger partial charge in [-0.05, 0) is 18.2 Å². The van der Waals surface area contributed by atoms with E-state index in [1.807, 2.05) is 0 Å². The lowest BCUT2D eigenvalue weighted by atomic mass is 10.2. The molecule has 0 bridgehead atoms. The van der Waals surface area contributed by atoms with Crippen LogP contribution >= 0.6 is 23.4 Å². The molecular formula is C15H17ClN2O5S. The smallest absolute Gasteiger partial charge is 0.326 e. The molecule has 1 aliphatic heterocycles. The summed E-state index contributed by atoms with van der Waals surface area (Å²) >= 11 is 7.13. The van der Waals surface area contributed by atoms with Crippen molar-refractivity contribution >= 4 is 46.8 Å². The predicted molar refractivity (Wildman–Crippen MR) is 90.4 cm³/mol. The minimum atomic E-state index is -1.14.